The van der Waals surface area contributed by atoms with Gasteiger partial charge in [0, 0.05) is 25.6 Å². The van der Waals surface area contributed by atoms with E-state index >= 15 is 0 Å². The first-order valence-corrected chi connectivity index (χ1v) is 5.63. The van der Waals surface area contributed by atoms with Crippen molar-refractivity contribution in [3.05, 3.63) is 36.2 Å². The lowest BCUT2D eigenvalue weighted by Crippen LogP contribution is -2.06. The molecule has 0 unspecified atom stereocenters. The van der Waals surface area contributed by atoms with Crippen molar-refractivity contribution in [2.75, 3.05) is 0 Å². The maximum atomic E-state index is 11.4. The number of pyridine rings is 1. The molecule has 3 heterocycles. The van der Waals surface area contributed by atoms with Gasteiger partial charge < -0.3 is 9.67 Å². The Morgan fingerprint density at radius 2 is 2.21 bits per heavy atom. The molecule has 0 spiro atoms. The lowest BCUT2D eigenvalue weighted by molar-refractivity contribution is 0.0696. The smallest absolute Gasteiger partial charge is 0.339 e. The maximum absolute atomic E-state index is 11.4. The molecule has 0 atom stereocenters. The number of carboxylic acids is 1. The summed E-state index contributed by atoms with van der Waals surface area (Å²) in [5, 5.41) is 14.3. The van der Waals surface area contributed by atoms with Crippen LogP contribution in [0.5, 0.6) is 0 Å². The number of hydrogen-bond donors (Lipinski definition) is 1. The van der Waals surface area contributed by atoms with Gasteiger partial charge in [-0.1, -0.05) is 0 Å². The van der Waals surface area contributed by atoms with E-state index in [1.54, 1.807) is 35.0 Å². The first-order chi connectivity index (χ1) is 9.09. The third-order valence-corrected chi connectivity index (χ3v) is 2.99. The zero-order chi connectivity index (χ0) is 13.6. The van der Waals surface area contributed by atoms with Crippen LogP contribution in [0.25, 0.3) is 16.7 Å². The molecule has 0 saturated heterocycles. The van der Waals surface area contributed by atoms with Gasteiger partial charge in [-0.2, -0.15) is 5.10 Å². The van der Waals surface area contributed by atoms with Crippen LogP contribution in [-0.2, 0) is 7.05 Å². The number of aryl methyl sites for hydroxylation is 2. The predicted octanol–water partition coefficient (Wildman–Crippen LogP) is 1.16. The SMILES string of the molecule is Cc1nn(C)c2ncc(C(=O)O)c(-n3ccnc3)c12. The lowest BCUT2D eigenvalue weighted by Gasteiger charge is -2.08. The highest BCUT2D eigenvalue weighted by Crippen LogP contribution is 2.26. The quantitative estimate of drug-likeness (QED) is 0.744. The van der Waals surface area contributed by atoms with E-state index < -0.39 is 5.97 Å². The van der Waals surface area contributed by atoms with Crippen LogP contribution in [-0.4, -0.2) is 35.4 Å². The van der Waals surface area contributed by atoms with Gasteiger partial charge >= 0.3 is 5.97 Å². The molecule has 7 heteroatoms. The highest BCUT2D eigenvalue weighted by molar-refractivity contribution is 6.00. The Morgan fingerprint density at radius 3 is 2.84 bits per heavy atom. The van der Waals surface area contributed by atoms with Gasteiger partial charge in [0.15, 0.2) is 5.65 Å². The molecule has 19 heavy (non-hydrogen) atoms. The number of rotatable bonds is 2. The number of aromatic carboxylic acids is 1. The van der Waals surface area contributed by atoms with Crippen molar-refractivity contribution in [3.8, 4) is 5.69 Å². The summed E-state index contributed by atoms with van der Waals surface area (Å²) in [7, 11) is 1.78. The van der Waals surface area contributed by atoms with Crippen molar-refractivity contribution in [3.63, 3.8) is 0 Å². The van der Waals surface area contributed by atoms with Gasteiger partial charge in [0.1, 0.15) is 5.56 Å². The van der Waals surface area contributed by atoms with E-state index in [4.69, 9.17) is 0 Å². The van der Waals surface area contributed by atoms with Crippen molar-refractivity contribution in [2.45, 2.75) is 6.92 Å². The fourth-order valence-electron chi connectivity index (χ4n) is 2.21. The third-order valence-electron chi connectivity index (χ3n) is 2.99. The third kappa shape index (κ3) is 1.59. The van der Waals surface area contributed by atoms with Gasteiger partial charge in [-0.25, -0.2) is 14.8 Å². The summed E-state index contributed by atoms with van der Waals surface area (Å²) in [5.41, 5.74) is 2.05. The number of carboxylic acid groups (broad SMARTS) is 1. The number of fused-ring (bicyclic) bond motifs is 1. The van der Waals surface area contributed by atoms with Crippen LogP contribution in [0, 0.1) is 6.92 Å². The Bertz CT molecular complexity index is 773. The fourth-order valence-corrected chi connectivity index (χ4v) is 2.21. The summed E-state index contributed by atoms with van der Waals surface area (Å²) in [6.45, 7) is 1.83. The summed E-state index contributed by atoms with van der Waals surface area (Å²) in [4.78, 5) is 19.5. The van der Waals surface area contributed by atoms with Crippen molar-refractivity contribution < 1.29 is 9.90 Å². The molecule has 1 N–H and O–H groups in total. The van der Waals surface area contributed by atoms with Gasteiger partial charge in [-0.3, -0.25) is 4.68 Å². The zero-order valence-corrected chi connectivity index (χ0v) is 10.4. The molecule has 3 aromatic rings. The van der Waals surface area contributed by atoms with Crippen molar-refractivity contribution in [1.29, 1.82) is 0 Å². The fraction of sp³-hybridized carbons (Fsp3) is 0.167. The highest BCUT2D eigenvalue weighted by Gasteiger charge is 2.20. The van der Waals surface area contributed by atoms with E-state index in [1.165, 1.54) is 6.20 Å². The molecule has 0 aliphatic heterocycles. The van der Waals surface area contributed by atoms with Crippen molar-refractivity contribution in [1.82, 2.24) is 24.3 Å². The zero-order valence-electron chi connectivity index (χ0n) is 10.4. The van der Waals surface area contributed by atoms with Gasteiger partial charge in [0.25, 0.3) is 0 Å². The van der Waals surface area contributed by atoms with Gasteiger partial charge in [-0.05, 0) is 6.92 Å². The second kappa shape index (κ2) is 3.91. The molecule has 7 nitrogen and oxygen atoms in total. The van der Waals surface area contributed by atoms with Gasteiger partial charge in [0.05, 0.1) is 23.1 Å². The molecule has 0 amide bonds. The highest BCUT2D eigenvalue weighted by atomic mass is 16.4. The first kappa shape index (κ1) is 11.4. The standard InChI is InChI=1S/C12H11N5O2/c1-7-9-10(17-4-3-13-6-17)8(12(18)19)5-14-11(9)16(2)15-7/h3-6H,1-2H3,(H,18,19). The van der Waals surface area contributed by atoms with E-state index in [-0.39, 0.29) is 5.56 Å². The number of carbonyl (C=O) groups is 1. The second-order valence-corrected chi connectivity index (χ2v) is 4.20. The molecule has 0 fully saturated rings. The molecule has 3 aromatic heterocycles. The van der Waals surface area contributed by atoms with Crippen LogP contribution in [0.15, 0.2) is 24.9 Å². The lowest BCUT2D eigenvalue weighted by atomic mass is 10.1. The predicted molar refractivity (Wildman–Crippen MR) is 67.3 cm³/mol. The number of nitrogens with zero attached hydrogens (tertiary/aromatic N) is 5. The number of hydrogen-bond acceptors (Lipinski definition) is 4. The summed E-state index contributed by atoms with van der Waals surface area (Å²) >= 11 is 0. The molecule has 0 aliphatic carbocycles. The molecule has 0 aromatic carbocycles. The van der Waals surface area contributed by atoms with Crippen LogP contribution < -0.4 is 0 Å². The topological polar surface area (TPSA) is 85.8 Å². The Morgan fingerprint density at radius 1 is 1.42 bits per heavy atom. The Kier molecular flexibility index (Phi) is 2.34. The van der Waals surface area contributed by atoms with Crippen molar-refractivity contribution >= 4 is 17.0 Å². The summed E-state index contributed by atoms with van der Waals surface area (Å²) < 4.78 is 3.30. The summed E-state index contributed by atoms with van der Waals surface area (Å²) in [6, 6.07) is 0. The molecule has 96 valence electrons. The first-order valence-electron chi connectivity index (χ1n) is 5.63. The van der Waals surface area contributed by atoms with Gasteiger partial charge in [-0.15, -0.1) is 0 Å². The summed E-state index contributed by atoms with van der Waals surface area (Å²) in [6.07, 6.45) is 6.21. The molecule has 0 radical (unpaired) electrons. The van der Waals surface area contributed by atoms with Crippen LogP contribution >= 0.6 is 0 Å². The average Bonchev–Trinajstić information content (AvgIpc) is 2.98. The van der Waals surface area contributed by atoms with Crippen LogP contribution in [0.1, 0.15) is 16.1 Å². The van der Waals surface area contributed by atoms with Crippen LogP contribution in [0.2, 0.25) is 0 Å². The van der Waals surface area contributed by atoms with E-state index in [0.29, 0.717) is 11.3 Å². The number of imidazole rings is 1. The van der Waals surface area contributed by atoms with Crippen LogP contribution in [0.4, 0.5) is 0 Å². The van der Waals surface area contributed by atoms with Crippen molar-refractivity contribution in [2.24, 2.45) is 7.05 Å². The average molecular weight is 257 g/mol. The normalized spacial score (nSPS) is 11.1. The maximum Gasteiger partial charge on any atom is 0.339 e. The molecular formula is C12H11N5O2. The minimum absolute atomic E-state index is 0.126. The second-order valence-electron chi connectivity index (χ2n) is 4.20. The van der Waals surface area contributed by atoms with Crippen LogP contribution in [0.3, 0.4) is 0 Å². The Balaban J connectivity index is 2.49. The Labute approximate surface area is 108 Å². The molecular weight excluding hydrogens is 246 g/mol. The molecule has 0 bridgehead atoms. The van der Waals surface area contributed by atoms with E-state index in [2.05, 4.69) is 15.1 Å². The van der Waals surface area contributed by atoms with E-state index in [0.717, 1.165) is 11.1 Å². The largest absolute Gasteiger partial charge is 0.478 e. The molecule has 0 saturated carbocycles. The minimum Gasteiger partial charge on any atom is -0.478 e. The van der Waals surface area contributed by atoms with E-state index in [9.17, 15) is 9.90 Å². The molecule has 3 rings (SSSR count). The number of aromatic nitrogens is 5. The van der Waals surface area contributed by atoms with E-state index in [1.807, 2.05) is 6.92 Å². The monoisotopic (exact) mass is 257 g/mol. The molecule has 0 aliphatic rings. The minimum atomic E-state index is -1.03. The van der Waals surface area contributed by atoms with Gasteiger partial charge in [0.2, 0.25) is 0 Å². The summed E-state index contributed by atoms with van der Waals surface area (Å²) in [5.74, 6) is -1.03. The Hall–Kier alpha value is -2.70.